The standard InChI is InChI=1S/C24H22N4O7/c1-13(29)21-19-9-17(20-10-18(26-35-20)15-3-2-8-25-11-15)22(27(19)23(21)30)24(31)34-12-14-4-6-16(7-5-14)28(32)33/h2-8,11,13,19-21,29H,9-10,12H2,1H3/t13-,19-,20+,21-/m1/s1. The van der Waals surface area contributed by atoms with E-state index in [1.807, 2.05) is 6.07 Å². The molecule has 2 aromatic rings. The first-order valence-electron chi connectivity index (χ1n) is 11.1. The summed E-state index contributed by atoms with van der Waals surface area (Å²) in [6, 6.07) is 8.96. The Kier molecular flexibility index (Phi) is 5.77. The molecule has 0 spiro atoms. The number of aliphatic hydroxyl groups is 1. The van der Waals surface area contributed by atoms with Gasteiger partial charge >= 0.3 is 5.97 Å². The van der Waals surface area contributed by atoms with Crippen molar-refractivity contribution in [2.75, 3.05) is 0 Å². The van der Waals surface area contributed by atoms with Crippen molar-refractivity contribution in [1.29, 1.82) is 0 Å². The van der Waals surface area contributed by atoms with Gasteiger partial charge in [-0.1, -0.05) is 5.16 Å². The predicted octanol–water partition coefficient (Wildman–Crippen LogP) is 2.09. The molecule has 1 amide bonds. The largest absolute Gasteiger partial charge is 0.456 e. The Hall–Kier alpha value is -4.12. The lowest BCUT2D eigenvalue weighted by molar-refractivity contribution is -0.384. The maximum atomic E-state index is 13.2. The first kappa shape index (κ1) is 22.7. The molecular formula is C24H22N4O7. The van der Waals surface area contributed by atoms with E-state index >= 15 is 0 Å². The molecule has 180 valence electrons. The van der Waals surface area contributed by atoms with Gasteiger partial charge in [-0.05, 0) is 43.2 Å². The van der Waals surface area contributed by atoms with Gasteiger partial charge in [-0.15, -0.1) is 0 Å². The molecule has 11 nitrogen and oxygen atoms in total. The van der Waals surface area contributed by atoms with Crippen molar-refractivity contribution in [1.82, 2.24) is 9.88 Å². The summed E-state index contributed by atoms with van der Waals surface area (Å²) in [5.74, 6) is -1.64. The number of benzene rings is 1. The van der Waals surface area contributed by atoms with Crippen LogP contribution in [0.25, 0.3) is 0 Å². The van der Waals surface area contributed by atoms with Gasteiger partial charge in [-0.25, -0.2) is 4.79 Å². The number of oxime groups is 1. The Morgan fingerprint density at radius 2 is 2.09 bits per heavy atom. The number of nitro groups is 1. The molecule has 1 saturated heterocycles. The number of nitro benzene ring substituents is 1. The quantitative estimate of drug-likeness (QED) is 0.276. The van der Waals surface area contributed by atoms with E-state index in [0.29, 0.717) is 29.7 Å². The minimum absolute atomic E-state index is 0.0677. The number of carbonyl (C=O) groups excluding carboxylic acids is 2. The molecule has 35 heavy (non-hydrogen) atoms. The Morgan fingerprint density at radius 1 is 1.31 bits per heavy atom. The van der Waals surface area contributed by atoms with Crippen molar-refractivity contribution < 1.29 is 29.2 Å². The van der Waals surface area contributed by atoms with Crippen LogP contribution in [0.5, 0.6) is 0 Å². The van der Waals surface area contributed by atoms with Crippen molar-refractivity contribution in [3.05, 3.63) is 81.3 Å². The monoisotopic (exact) mass is 478 g/mol. The second kappa shape index (κ2) is 8.91. The van der Waals surface area contributed by atoms with Crippen LogP contribution in [0, 0.1) is 16.0 Å². The molecule has 3 aliphatic heterocycles. The number of hydrogen-bond donors (Lipinski definition) is 1. The fraction of sp³-hybridized carbons (Fsp3) is 0.333. The molecule has 3 aliphatic rings. The summed E-state index contributed by atoms with van der Waals surface area (Å²) in [7, 11) is 0. The summed E-state index contributed by atoms with van der Waals surface area (Å²) in [5, 5.41) is 25.1. The van der Waals surface area contributed by atoms with Gasteiger partial charge in [0.15, 0.2) is 6.10 Å². The van der Waals surface area contributed by atoms with Gasteiger partial charge in [0.25, 0.3) is 5.69 Å². The van der Waals surface area contributed by atoms with Crippen LogP contribution in [0.4, 0.5) is 5.69 Å². The van der Waals surface area contributed by atoms with Crippen molar-refractivity contribution >= 4 is 23.3 Å². The van der Waals surface area contributed by atoms with E-state index in [1.165, 1.54) is 29.2 Å². The fourth-order valence-electron chi connectivity index (χ4n) is 4.78. The van der Waals surface area contributed by atoms with Crippen LogP contribution in [0.1, 0.15) is 30.9 Å². The lowest BCUT2D eigenvalue weighted by atomic mass is 9.82. The summed E-state index contributed by atoms with van der Waals surface area (Å²) in [6.07, 6.45) is 2.68. The van der Waals surface area contributed by atoms with Gasteiger partial charge in [-0.3, -0.25) is 19.9 Å². The summed E-state index contributed by atoms with van der Waals surface area (Å²) >= 11 is 0. The molecule has 0 radical (unpaired) electrons. The number of pyridine rings is 1. The molecule has 4 heterocycles. The molecule has 1 aromatic heterocycles. The normalized spacial score (nSPS) is 23.8. The molecule has 1 aromatic carbocycles. The van der Waals surface area contributed by atoms with Crippen LogP contribution in [0.2, 0.25) is 0 Å². The van der Waals surface area contributed by atoms with E-state index in [2.05, 4.69) is 10.1 Å². The highest BCUT2D eigenvalue weighted by atomic mass is 16.6. The average Bonchev–Trinajstić information content (AvgIpc) is 3.46. The first-order chi connectivity index (χ1) is 16.8. The third-order valence-corrected chi connectivity index (χ3v) is 6.53. The van der Waals surface area contributed by atoms with Crippen LogP contribution in [0.3, 0.4) is 0 Å². The minimum Gasteiger partial charge on any atom is -0.456 e. The van der Waals surface area contributed by atoms with Gasteiger partial charge in [0.05, 0.1) is 28.7 Å². The number of ether oxygens (including phenoxy) is 1. The molecule has 0 aliphatic carbocycles. The van der Waals surface area contributed by atoms with E-state index in [4.69, 9.17) is 9.57 Å². The number of fused-ring (bicyclic) bond motifs is 1. The van der Waals surface area contributed by atoms with Crippen LogP contribution in [-0.4, -0.2) is 55.8 Å². The second-order valence-corrected chi connectivity index (χ2v) is 8.70. The first-order valence-corrected chi connectivity index (χ1v) is 11.1. The zero-order valence-electron chi connectivity index (χ0n) is 18.7. The van der Waals surface area contributed by atoms with Gasteiger partial charge in [0.1, 0.15) is 12.3 Å². The minimum atomic E-state index is -0.854. The molecule has 1 fully saturated rings. The SMILES string of the molecule is C[C@@H](O)[C@H]1C(=O)N2C(C(=O)OCc3ccc([N+](=O)[O-])cc3)=C([C@@H]3CC(c4cccnc4)=NO3)C[C@H]12. The van der Waals surface area contributed by atoms with E-state index in [9.17, 15) is 24.8 Å². The van der Waals surface area contributed by atoms with Crippen molar-refractivity contribution in [3.63, 3.8) is 0 Å². The molecule has 4 atom stereocenters. The van der Waals surface area contributed by atoms with Crippen LogP contribution < -0.4 is 0 Å². The maximum Gasteiger partial charge on any atom is 0.355 e. The number of non-ortho nitro benzene ring substituents is 1. The Bertz CT molecular complexity index is 1240. The topological polar surface area (TPSA) is 144 Å². The maximum absolute atomic E-state index is 13.2. The zero-order chi connectivity index (χ0) is 24.7. The molecular weight excluding hydrogens is 456 g/mol. The Labute approximate surface area is 199 Å². The summed E-state index contributed by atoms with van der Waals surface area (Å²) in [5.41, 5.74) is 2.70. The Balaban J connectivity index is 1.36. The molecule has 0 bridgehead atoms. The highest BCUT2D eigenvalue weighted by Crippen LogP contribution is 2.46. The lowest BCUT2D eigenvalue weighted by Gasteiger charge is -2.44. The van der Waals surface area contributed by atoms with Crippen molar-refractivity contribution in [2.45, 2.75) is 44.6 Å². The molecule has 0 saturated carbocycles. The number of carbonyl (C=O) groups is 2. The summed E-state index contributed by atoms with van der Waals surface area (Å²) < 4.78 is 5.48. The van der Waals surface area contributed by atoms with E-state index in [0.717, 1.165) is 5.56 Å². The highest BCUT2D eigenvalue weighted by Gasteiger charge is 2.58. The number of amides is 1. The van der Waals surface area contributed by atoms with Crippen molar-refractivity contribution in [2.24, 2.45) is 11.1 Å². The molecule has 1 N–H and O–H groups in total. The third kappa shape index (κ3) is 4.03. The number of rotatable bonds is 7. The van der Waals surface area contributed by atoms with Gasteiger partial charge < -0.3 is 19.6 Å². The Morgan fingerprint density at radius 3 is 2.74 bits per heavy atom. The predicted molar refractivity (Wildman–Crippen MR) is 121 cm³/mol. The summed E-state index contributed by atoms with van der Waals surface area (Å²) in [6.45, 7) is 1.43. The average molecular weight is 478 g/mol. The molecule has 0 unspecified atom stereocenters. The number of hydrogen-bond acceptors (Lipinski definition) is 9. The number of nitrogens with zero attached hydrogens (tertiary/aromatic N) is 4. The van der Waals surface area contributed by atoms with Gasteiger partial charge in [0, 0.05) is 42.1 Å². The molecule has 11 heteroatoms. The third-order valence-electron chi connectivity index (χ3n) is 6.53. The number of aromatic nitrogens is 1. The summed E-state index contributed by atoms with van der Waals surface area (Å²) in [4.78, 5) is 47.5. The zero-order valence-corrected chi connectivity index (χ0v) is 18.7. The van der Waals surface area contributed by atoms with E-state index in [1.54, 1.807) is 25.4 Å². The number of β-lactam (4-membered cyclic amide) rings is 1. The van der Waals surface area contributed by atoms with E-state index < -0.39 is 29.0 Å². The smallest absolute Gasteiger partial charge is 0.355 e. The molecule has 5 rings (SSSR count). The number of esters is 1. The van der Waals surface area contributed by atoms with Crippen LogP contribution >= 0.6 is 0 Å². The van der Waals surface area contributed by atoms with Gasteiger partial charge in [0.2, 0.25) is 5.91 Å². The van der Waals surface area contributed by atoms with E-state index in [-0.39, 0.29) is 29.9 Å². The van der Waals surface area contributed by atoms with Gasteiger partial charge in [-0.2, -0.15) is 0 Å². The highest BCUT2D eigenvalue weighted by molar-refractivity contribution is 6.03. The second-order valence-electron chi connectivity index (χ2n) is 8.70. The number of aliphatic hydroxyl groups excluding tert-OH is 1. The lowest BCUT2D eigenvalue weighted by Crippen LogP contribution is -2.61. The fourth-order valence-corrected chi connectivity index (χ4v) is 4.78. The van der Waals surface area contributed by atoms with Crippen molar-refractivity contribution in [3.8, 4) is 0 Å². The van der Waals surface area contributed by atoms with Crippen LogP contribution in [-0.2, 0) is 25.8 Å². The van der Waals surface area contributed by atoms with Crippen LogP contribution in [0.15, 0.2) is 65.2 Å².